The van der Waals surface area contributed by atoms with Crippen molar-refractivity contribution in [1.29, 1.82) is 0 Å². The number of amides is 1. The van der Waals surface area contributed by atoms with Crippen molar-refractivity contribution in [1.82, 2.24) is 4.90 Å². The molecule has 2 aromatic rings. The van der Waals surface area contributed by atoms with Crippen LogP contribution in [-0.2, 0) is 14.4 Å². The molecule has 0 saturated carbocycles. The Morgan fingerprint density at radius 2 is 1.52 bits per heavy atom. The van der Waals surface area contributed by atoms with Crippen molar-refractivity contribution in [2.24, 2.45) is 10.8 Å². The van der Waals surface area contributed by atoms with E-state index in [2.05, 4.69) is 67.4 Å². The normalized spacial score (nSPS) is 19.5. The molecule has 2 aliphatic carbocycles. The summed E-state index contributed by atoms with van der Waals surface area (Å²) in [5, 5.41) is 2.91. The number of hydrogen-bond donors (Lipinski definition) is 1. The van der Waals surface area contributed by atoms with E-state index in [1.165, 1.54) is 0 Å². The van der Waals surface area contributed by atoms with E-state index in [1.54, 1.807) is 0 Å². The molecule has 5 rings (SSSR count). The van der Waals surface area contributed by atoms with Gasteiger partial charge in [-0.2, -0.15) is 0 Å². The molecule has 1 aliphatic heterocycles. The van der Waals surface area contributed by atoms with Gasteiger partial charge in [-0.15, -0.1) is 0 Å². The van der Waals surface area contributed by atoms with Crippen LogP contribution in [0.4, 0.5) is 5.69 Å². The molecule has 0 saturated heterocycles. The highest BCUT2D eigenvalue weighted by atomic mass is 127. The number of carbonyl (C=O) groups excluding carboxylic acids is 3. The first-order valence-corrected chi connectivity index (χ1v) is 16.6. The summed E-state index contributed by atoms with van der Waals surface area (Å²) in [5.41, 5.74) is 5.78. The van der Waals surface area contributed by atoms with Gasteiger partial charge in [0.25, 0.3) is 5.91 Å². The standard InChI is InChI=1S/C36H43IN2O5/c1-8-39-25-16-35(4,5)18-27(40)32(25)31(33-26(39)17-36(6,7)19-28(33)41)22-14-23(37)34(29(15-22)43-9-2)44-20-30(42)38-24-13-11-10-12-21(24)3/h10-15,31H,8-9,16-20H2,1-7H3,(H,38,42). The number of nitrogens with one attached hydrogen (secondary N) is 1. The quantitative estimate of drug-likeness (QED) is 0.283. The van der Waals surface area contributed by atoms with Crippen LogP contribution in [0.5, 0.6) is 11.5 Å². The Bertz CT molecular complexity index is 1530. The second kappa shape index (κ2) is 12.3. The van der Waals surface area contributed by atoms with Gasteiger partial charge < -0.3 is 19.7 Å². The number of Topliss-reactive ketones (excluding diaryl/α,β-unsaturated/α-hetero) is 2. The Labute approximate surface area is 274 Å². The van der Waals surface area contributed by atoms with Crippen LogP contribution in [0.1, 0.15) is 84.3 Å². The van der Waals surface area contributed by atoms with E-state index >= 15 is 0 Å². The average Bonchev–Trinajstić information content (AvgIpc) is 2.91. The topological polar surface area (TPSA) is 84.9 Å². The molecule has 2 aromatic carbocycles. The van der Waals surface area contributed by atoms with E-state index in [-0.39, 0.29) is 34.9 Å². The Morgan fingerprint density at radius 1 is 0.932 bits per heavy atom. The highest BCUT2D eigenvalue weighted by Crippen LogP contribution is 2.55. The molecule has 3 aliphatic rings. The van der Waals surface area contributed by atoms with Crippen molar-refractivity contribution in [3.05, 3.63) is 73.6 Å². The number of nitrogens with zero attached hydrogens (tertiary/aromatic N) is 1. The second-order valence-electron chi connectivity index (χ2n) is 13.7. The van der Waals surface area contributed by atoms with Gasteiger partial charge in [-0.05, 0) is 96.4 Å². The molecular weight excluding hydrogens is 667 g/mol. The van der Waals surface area contributed by atoms with Crippen molar-refractivity contribution in [2.75, 3.05) is 25.1 Å². The van der Waals surface area contributed by atoms with E-state index < -0.39 is 5.92 Å². The lowest BCUT2D eigenvalue weighted by atomic mass is 9.63. The van der Waals surface area contributed by atoms with Crippen molar-refractivity contribution >= 4 is 45.8 Å². The van der Waals surface area contributed by atoms with Gasteiger partial charge in [0.05, 0.1) is 10.2 Å². The Kier molecular flexibility index (Phi) is 9.04. The largest absolute Gasteiger partial charge is 0.490 e. The number of halogens is 1. The molecule has 0 bridgehead atoms. The number of allylic oxidation sites excluding steroid dienone is 4. The van der Waals surface area contributed by atoms with Gasteiger partial charge in [-0.3, -0.25) is 14.4 Å². The monoisotopic (exact) mass is 710 g/mol. The summed E-state index contributed by atoms with van der Waals surface area (Å²) in [6.45, 7) is 15.4. The maximum Gasteiger partial charge on any atom is 0.262 e. The minimum absolute atomic E-state index is 0.102. The van der Waals surface area contributed by atoms with Gasteiger partial charge in [0.15, 0.2) is 29.7 Å². The molecule has 0 radical (unpaired) electrons. The molecule has 234 valence electrons. The Hall–Kier alpha value is -3.14. The Balaban J connectivity index is 1.57. The van der Waals surface area contributed by atoms with Gasteiger partial charge in [0, 0.05) is 53.5 Å². The molecule has 1 heterocycles. The van der Waals surface area contributed by atoms with Crippen LogP contribution in [0.15, 0.2) is 58.9 Å². The maximum atomic E-state index is 14.0. The summed E-state index contributed by atoms with van der Waals surface area (Å²) in [6, 6.07) is 11.5. The lowest BCUT2D eigenvalue weighted by Crippen LogP contribution is -2.44. The van der Waals surface area contributed by atoms with Crippen molar-refractivity contribution in [3.63, 3.8) is 0 Å². The predicted octanol–water partition coefficient (Wildman–Crippen LogP) is 7.72. The molecule has 7 nitrogen and oxygen atoms in total. The summed E-state index contributed by atoms with van der Waals surface area (Å²) in [7, 11) is 0. The SMILES string of the molecule is CCOc1cc(C2C3=C(CC(C)(C)CC3=O)N(CC)C3=C2C(=O)CC(C)(C)C3)cc(I)c1OCC(=O)Nc1ccccc1C. The number of anilines is 1. The Morgan fingerprint density at radius 3 is 2.07 bits per heavy atom. The van der Waals surface area contributed by atoms with Crippen LogP contribution >= 0.6 is 22.6 Å². The van der Waals surface area contributed by atoms with Gasteiger partial charge in [-0.25, -0.2) is 0 Å². The summed E-state index contributed by atoms with van der Waals surface area (Å²) in [5.74, 6) is 0.422. The molecular formula is C36H43IN2O5. The van der Waals surface area contributed by atoms with E-state index in [0.29, 0.717) is 37.5 Å². The molecule has 0 fully saturated rings. The van der Waals surface area contributed by atoms with E-state index in [9.17, 15) is 14.4 Å². The molecule has 1 amide bonds. The average molecular weight is 711 g/mol. The smallest absolute Gasteiger partial charge is 0.262 e. The maximum absolute atomic E-state index is 14.0. The molecule has 0 spiro atoms. The van der Waals surface area contributed by atoms with Crippen molar-refractivity contribution in [3.8, 4) is 11.5 Å². The predicted molar refractivity (Wildman–Crippen MR) is 181 cm³/mol. The van der Waals surface area contributed by atoms with Gasteiger partial charge in [0.2, 0.25) is 0 Å². The highest BCUT2D eigenvalue weighted by Gasteiger charge is 2.48. The van der Waals surface area contributed by atoms with Crippen LogP contribution in [0.25, 0.3) is 0 Å². The van der Waals surface area contributed by atoms with E-state index in [4.69, 9.17) is 9.47 Å². The fourth-order valence-corrected chi connectivity index (χ4v) is 7.74. The number of benzene rings is 2. The van der Waals surface area contributed by atoms with Crippen LogP contribution in [0.2, 0.25) is 0 Å². The summed E-state index contributed by atoms with van der Waals surface area (Å²) < 4.78 is 12.9. The van der Waals surface area contributed by atoms with Crippen LogP contribution in [0, 0.1) is 21.3 Å². The third kappa shape index (κ3) is 6.32. The number of carbonyl (C=O) groups is 3. The number of ketones is 2. The first-order chi connectivity index (χ1) is 20.7. The van der Waals surface area contributed by atoms with Gasteiger partial charge in [-0.1, -0.05) is 45.9 Å². The number of hydrogen-bond acceptors (Lipinski definition) is 6. The zero-order chi connectivity index (χ0) is 32.0. The number of ether oxygens (including phenoxy) is 2. The third-order valence-electron chi connectivity index (χ3n) is 8.77. The second-order valence-corrected chi connectivity index (χ2v) is 14.9. The van der Waals surface area contributed by atoms with Crippen LogP contribution in [-0.4, -0.2) is 42.1 Å². The lowest BCUT2D eigenvalue weighted by molar-refractivity contribution is -0.120. The fourth-order valence-electron chi connectivity index (χ4n) is 6.96. The van der Waals surface area contributed by atoms with Crippen molar-refractivity contribution in [2.45, 2.75) is 80.1 Å². The van der Waals surface area contributed by atoms with Crippen LogP contribution in [0.3, 0.4) is 0 Å². The number of rotatable bonds is 8. The molecule has 0 unspecified atom stereocenters. The summed E-state index contributed by atoms with van der Waals surface area (Å²) in [6.07, 6.45) is 2.43. The summed E-state index contributed by atoms with van der Waals surface area (Å²) in [4.78, 5) is 43.1. The third-order valence-corrected chi connectivity index (χ3v) is 9.57. The minimum Gasteiger partial charge on any atom is -0.490 e. The molecule has 8 heteroatoms. The number of aryl methyl sites for hydroxylation is 1. The first kappa shape index (κ1) is 32.3. The molecule has 0 atom stereocenters. The lowest BCUT2D eigenvalue weighted by Gasteiger charge is -2.49. The fraction of sp³-hybridized carbons (Fsp3) is 0.472. The molecule has 0 aromatic heterocycles. The van der Waals surface area contributed by atoms with Crippen LogP contribution < -0.4 is 14.8 Å². The van der Waals surface area contributed by atoms with Crippen molar-refractivity contribution < 1.29 is 23.9 Å². The zero-order valence-corrected chi connectivity index (χ0v) is 29.0. The minimum atomic E-state index is -0.471. The van der Waals surface area contributed by atoms with Gasteiger partial charge >= 0.3 is 0 Å². The number of para-hydroxylation sites is 1. The molecule has 44 heavy (non-hydrogen) atoms. The first-order valence-electron chi connectivity index (χ1n) is 15.5. The van der Waals surface area contributed by atoms with E-state index in [1.807, 2.05) is 50.2 Å². The summed E-state index contributed by atoms with van der Waals surface area (Å²) >= 11 is 2.20. The highest BCUT2D eigenvalue weighted by molar-refractivity contribution is 14.1. The molecule has 1 N–H and O–H groups in total. The van der Waals surface area contributed by atoms with Gasteiger partial charge in [0.1, 0.15) is 0 Å². The van der Waals surface area contributed by atoms with E-state index in [0.717, 1.165) is 55.8 Å². The zero-order valence-electron chi connectivity index (χ0n) is 26.9.